The van der Waals surface area contributed by atoms with Crippen LogP contribution in [0.1, 0.15) is 10.7 Å². The molecule has 3 aromatic heterocycles. The Morgan fingerprint density at radius 3 is 2.69 bits per heavy atom. The number of aromatic nitrogens is 4. The van der Waals surface area contributed by atoms with Gasteiger partial charge in [-0.05, 0) is 32.0 Å². The monoisotopic (exact) mass is 391 g/mol. The molecule has 8 nitrogen and oxygen atoms in total. The van der Waals surface area contributed by atoms with E-state index in [4.69, 9.17) is 0 Å². The molecule has 0 aliphatic heterocycles. The summed E-state index contributed by atoms with van der Waals surface area (Å²) in [5.74, 6) is 0. The van der Waals surface area contributed by atoms with E-state index in [-0.39, 0.29) is 23.5 Å². The third kappa shape index (κ3) is 4.03. The summed E-state index contributed by atoms with van der Waals surface area (Å²) >= 11 is 1.50. The molecule has 0 aliphatic carbocycles. The molecule has 136 valence electrons. The number of hydrogen-bond donors (Lipinski definition) is 1. The maximum absolute atomic E-state index is 12.2. The first-order valence-corrected chi connectivity index (χ1v) is 10.1. The van der Waals surface area contributed by atoms with Crippen molar-refractivity contribution in [2.75, 3.05) is 6.54 Å². The van der Waals surface area contributed by atoms with E-state index in [1.54, 1.807) is 12.1 Å². The molecule has 0 aliphatic rings. The smallest absolute Gasteiger partial charge is 0.266 e. The summed E-state index contributed by atoms with van der Waals surface area (Å²) in [6.07, 6.45) is 2.76. The van der Waals surface area contributed by atoms with Crippen molar-refractivity contribution in [3.63, 3.8) is 0 Å². The van der Waals surface area contributed by atoms with Crippen LogP contribution in [0.25, 0.3) is 10.6 Å². The van der Waals surface area contributed by atoms with E-state index < -0.39 is 10.0 Å². The topological polar surface area (TPSA) is 107 Å². The van der Waals surface area contributed by atoms with Gasteiger partial charge in [0.1, 0.15) is 10.6 Å². The molecule has 0 atom stereocenters. The molecule has 26 heavy (non-hydrogen) atoms. The van der Waals surface area contributed by atoms with Crippen LogP contribution in [0.4, 0.5) is 0 Å². The molecule has 0 saturated heterocycles. The van der Waals surface area contributed by atoms with Crippen LogP contribution in [0, 0.1) is 13.8 Å². The fourth-order valence-corrected chi connectivity index (χ4v) is 4.24. The second-order valence-corrected chi connectivity index (χ2v) is 8.48. The Balaban J connectivity index is 1.75. The first kappa shape index (κ1) is 18.4. The number of rotatable bonds is 6. The van der Waals surface area contributed by atoms with Crippen molar-refractivity contribution in [1.29, 1.82) is 0 Å². The highest BCUT2D eigenvalue weighted by molar-refractivity contribution is 7.89. The number of aryl methyl sites for hydroxylation is 2. The van der Waals surface area contributed by atoms with E-state index in [9.17, 15) is 13.2 Å². The molecular weight excluding hydrogens is 374 g/mol. The first-order chi connectivity index (χ1) is 12.4. The first-order valence-electron chi connectivity index (χ1n) is 7.79. The van der Waals surface area contributed by atoms with Gasteiger partial charge in [-0.1, -0.05) is 0 Å². The van der Waals surface area contributed by atoms with Crippen molar-refractivity contribution in [2.24, 2.45) is 0 Å². The molecule has 3 rings (SSSR count). The quantitative estimate of drug-likeness (QED) is 0.680. The molecule has 0 aromatic carbocycles. The molecule has 0 amide bonds. The highest BCUT2D eigenvalue weighted by Gasteiger charge is 2.14. The Kier molecular flexibility index (Phi) is 5.25. The van der Waals surface area contributed by atoms with Crippen LogP contribution in [0.15, 0.2) is 46.3 Å². The number of nitrogens with zero attached hydrogens (tertiary/aromatic N) is 4. The van der Waals surface area contributed by atoms with Gasteiger partial charge in [0.2, 0.25) is 10.0 Å². The molecule has 0 bridgehead atoms. The molecule has 0 fully saturated rings. The standard InChI is InChI=1S/C16H17N5O3S2/c1-11-16(25-12(2)19-11)14-5-6-15(22)21(20-14)9-8-18-26(23,24)13-4-3-7-17-10-13/h3-7,10,18H,8-9H2,1-2H3. The van der Waals surface area contributed by atoms with E-state index in [2.05, 4.69) is 19.8 Å². The van der Waals surface area contributed by atoms with Gasteiger partial charge in [-0.3, -0.25) is 9.78 Å². The van der Waals surface area contributed by atoms with Crippen molar-refractivity contribution in [3.8, 4) is 10.6 Å². The van der Waals surface area contributed by atoms with E-state index in [1.807, 2.05) is 13.8 Å². The normalized spacial score (nSPS) is 11.6. The molecule has 0 radical (unpaired) electrons. The molecule has 3 aromatic rings. The van der Waals surface area contributed by atoms with Gasteiger partial charge in [-0.15, -0.1) is 11.3 Å². The van der Waals surface area contributed by atoms with Crippen LogP contribution in [0.3, 0.4) is 0 Å². The van der Waals surface area contributed by atoms with Gasteiger partial charge < -0.3 is 0 Å². The van der Waals surface area contributed by atoms with E-state index >= 15 is 0 Å². The number of pyridine rings is 1. The zero-order valence-corrected chi connectivity index (χ0v) is 15.8. The van der Waals surface area contributed by atoms with Crippen LogP contribution < -0.4 is 10.3 Å². The van der Waals surface area contributed by atoms with Gasteiger partial charge in [0.05, 0.1) is 22.1 Å². The van der Waals surface area contributed by atoms with Gasteiger partial charge in [-0.2, -0.15) is 5.10 Å². The van der Waals surface area contributed by atoms with Gasteiger partial charge in [0.25, 0.3) is 5.56 Å². The summed E-state index contributed by atoms with van der Waals surface area (Å²) in [6.45, 7) is 3.94. The number of nitrogens with one attached hydrogen (secondary N) is 1. The van der Waals surface area contributed by atoms with E-state index in [0.29, 0.717) is 5.69 Å². The summed E-state index contributed by atoms with van der Waals surface area (Å²) in [6, 6.07) is 6.07. The average Bonchev–Trinajstić information content (AvgIpc) is 2.95. The van der Waals surface area contributed by atoms with E-state index in [0.717, 1.165) is 15.6 Å². The molecular formula is C16H17N5O3S2. The van der Waals surface area contributed by atoms with Crippen LogP contribution in [-0.4, -0.2) is 34.7 Å². The fraction of sp³-hybridized carbons (Fsp3) is 0.250. The largest absolute Gasteiger partial charge is 0.268 e. The van der Waals surface area contributed by atoms with Crippen molar-refractivity contribution >= 4 is 21.4 Å². The lowest BCUT2D eigenvalue weighted by Crippen LogP contribution is -2.32. The summed E-state index contributed by atoms with van der Waals surface area (Å²) in [7, 11) is -3.67. The van der Waals surface area contributed by atoms with Crippen molar-refractivity contribution in [2.45, 2.75) is 25.3 Å². The predicted molar refractivity (Wildman–Crippen MR) is 98.5 cm³/mol. The molecule has 10 heteroatoms. The molecule has 0 saturated carbocycles. The Hall–Kier alpha value is -2.43. The molecule has 0 spiro atoms. The maximum Gasteiger partial charge on any atom is 0.266 e. The minimum Gasteiger partial charge on any atom is -0.268 e. The molecule has 3 heterocycles. The van der Waals surface area contributed by atoms with Crippen LogP contribution in [-0.2, 0) is 16.6 Å². The average molecular weight is 391 g/mol. The zero-order valence-electron chi connectivity index (χ0n) is 14.2. The fourth-order valence-electron chi connectivity index (χ4n) is 2.37. The summed E-state index contributed by atoms with van der Waals surface area (Å²) in [5.41, 5.74) is 1.19. The summed E-state index contributed by atoms with van der Waals surface area (Å²) in [5, 5.41) is 5.25. The number of hydrogen-bond acceptors (Lipinski definition) is 7. The second kappa shape index (κ2) is 7.44. The Labute approximate surface area is 154 Å². The Morgan fingerprint density at radius 1 is 1.23 bits per heavy atom. The van der Waals surface area contributed by atoms with E-state index in [1.165, 1.54) is 40.5 Å². The molecule has 0 unspecified atom stereocenters. The van der Waals surface area contributed by atoms with Gasteiger partial charge in [0, 0.05) is 25.0 Å². The van der Waals surface area contributed by atoms with Gasteiger partial charge in [0.15, 0.2) is 0 Å². The van der Waals surface area contributed by atoms with Crippen molar-refractivity contribution in [3.05, 3.63) is 57.7 Å². The third-order valence-corrected chi connectivity index (χ3v) is 6.10. The Bertz CT molecular complexity index is 1070. The maximum atomic E-state index is 12.2. The predicted octanol–water partition coefficient (Wildman–Crippen LogP) is 1.36. The van der Waals surface area contributed by atoms with Crippen molar-refractivity contribution < 1.29 is 8.42 Å². The lowest BCUT2D eigenvalue weighted by Gasteiger charge is -2.08. The lowest BCUT2D eigenvalue weighted by molar-refractivity contribution is 0.548. The van der Waals surface area contributed by atoms with Crippen LogP contribution in [0.2, 0.25) is 0 Å². The summed E-state index contributed by atoms with van der Waals surface area (Å²) in [4.78, 5) is 21.1. The minimum absolute atomic E-state index is 0.0360. The zero-order chi connectivity index (χ0) is 18.7. The second-order valence-electron chi connectivity index (χ2n) is 5.51. The number of sulfonamides is 1. The number of thiazole rings is 1. The lowest BCUT2D eigenvalue weighted by atomic mass is 10.3. The summed E-state index contributed by atoms with van der Waals surface area (Å²) < 4.78 is 28.0. The Morgan fingerprint density at radius 2 is 2.04 bits per heavy atom. The van der Waals surface area contributed by atoms with Crippen LogP contribution in [0.5, 0.6) is 0 Å². The van der Waals surface area contributed by atoms with Crippen molar-refractivity contribution in [1.82, 2.24) is 24.5 Å². The van der Waals surface area contributed by atoms with Gasteiger partial charge >= 0.3 is 0 Å². The highest BCUT2D eigenvalue weighted by atomic mass is 32.2. The SMILES string of the molecule is Cc1nc(C)c(-c2ccc(=O)n(CCNS(=O)(=O)c3cccnc3)n2)s1. The highest BCUT2D eigenvalue weighted by Crippen LogP contribution is 2.27. The third-order valence-electron chi connectivity index (χ3n) is 3.56. The van der Waals surface area contributed by atoms with Crippen LogP contribution >= 0.6 is 11.3 Å². The minimum atomic E-state index is -3.67. The van der Waals surface area contributed by atoms with Gasteiger partial charge in [-0.25, -0.2) is 22.8 Å². The molecule has 1 N–H and O–H groups in total.